The molecule has 0 radical (unpaired) electrons. The Bertz CT molecular complexity index is 1440. The minimum Gasteiger partial charge on any atom is -0.325 e. The second-order valence-corrected chi connectivity index (χ2v) is 12.1. The lowest BCUT2D eigenvalue weighted by Crippen LogP contribution is -2.42. The van der Waals surface area contributed by atoms with E-state index in [-0.39, 0.29) is 58.1 Å². The monoisotopic (exact) mass is 518 g/mol. The van der Waals surface area contributed by atoms with Crippen molar-refractivity contribution in [3.8, 4) is 0 Å². The molecule has 3 amide bonds. The number of rotatable bonds is 4. The summed E-state index contributed by atoms with van der Waals surface area (Å²) in [6, 6.07) is 12.9. The molecule has 2 N–H and O–H groups in total. The quantitative estimate of drug-likeness (QED) is 0.514. The Labute approximate surface area is 214 Å². The largest absolute Gasteiger partial charge is 0.325 e. The lowest BCUT2D eigenvalue weighted by atomic mass is 9.68. The van der Waals surface area contributed by atoms with Crippen LogP contribution >= 0.6 is 23.1 Å². The summed E-state index contributed by atoms with van der Waals surface area (Å²) in [4.78, 5) is 61.5. The Balaban J connectivity index is 1.20. The third kappa shape index (κ3) is 3.17. The van der Waals surface area contributed by atoms with E-state index in [1.165, 1.54) is 16.2 Å². The van der Waals surface area contributed by atoms with Crippen LogP contribution in [0.25, 0.3) is 0 Å². The zero-order valence-corrected chi connectivity index (χ0v) is 20.6. The van der Waals surface area contributed by atoms with E-state index in [0.29, 0.717) is 5.69 Å². The zero-order chi connectivity index (χ0) is 24.6. The lowest BCUT2D eigenvalue weighted by Gasteiger charge is -2.42. The van der Waals surface area contributed by atoms with Gasteiger partial charge in [-0.3, -0.25) is 29.1 Å². The summed E-state index contributed by atoms with van der Waals surface area (Å²) in [6.07, 6.45) is 4.39. The number of fused-ring (bicyclic) bond motifs is 9. The van der Waals surface area contributed by atoms with Gasteiger partial charge in [0.15, 0.2) is 0 Å². The maximum absolute atomic E-state index is 13.6. The number of hydrogen-bond donors (Lipinski definition) is 2. The molecule has 36 heavy (non-hydrogen) atoms. The molecule has 3 aromatic rings. The normalized spacial score (nSPS) is 31.8. The number of H-pyrrole nitrogens is 1. The van der Waals surface area contributed by atoms with Crippen molar-refractivity contribution < 1.29 is 14.4 Å². The Kier molecular flexibility index (Phi) is 4.97. The number of hydrogen-bond acceptors (Lipinski definition) is 7. The first-order valence-electron chi connectivity index (χ1n) is 12.0. The average Bonchev–Trinajstić information content (AvgIpc) is 3.61. The zero-order valence-electron chi connectivity index (χ0n) is 19.0. The van der Waals surface area contributed by atoms with Gasteiger partial charge in [-0.1, -0.05) is 35.6 Å². The first-order valence-corrected chi connectivity index (χ1v) is 13.7. The predicted molar refractivity (Wildman–Crippen MR) is 135 cm³/mol. The molecule has 0 spiro atoms. The van der Waals surface area contributed by atoms with E-state index in [4.69, 9.17) is 0 Å². The van der Waals surface area contributed by atoms with Crippen molar-refractivity contribution in [1.29, 1.82) is 0 Å². The molecule has 1 saturated heterocycles. The minimum absolute atomic E-state index is 0.0201. The molecule has 7 unspecified atom stereocenters. The molecular weight excluding hydrogens is 496 g/mol. The van der Waals surface area contributed by atoms with Gasteiger partial charge in [0.05, 0.1) is 16.9 Å². The number of nitrogens with one attached hydrogen (secondary N) is 2. The molecule has 2 bridgehead atoms. The standard InChI is InChI=1S/C26H22N4O4S2/c31-16(28-13-6-2-1-3-7-13)11-30-24(32)19-14-9-15(20(19)25(30)33)21-18(14)17(12-5-4-8-27-10-12)22-23(35-21)29-26(34)36-22/h1-8,10,14-15,17-21H,9,11H2,(H,28,31)(H,29,34). The number of benzene rings is 1. The van der Waals surface area contributed by atoms with Gasteiger partial charge >= 0.3 is 4.87 Å². The second kappa shape index (κ2) is 8.14. The number of carbonyl (C=O) groups excluding carboxylic acids is 3. The Morgan fingerprint density at radius 3 is 2.58 bits per heavy atom. The fourth-order valence-electron chi connectivity index (χ4n) is 7.03. The number of carbonyl (C=O) groups is 3. The van der Waals surface area contributed by atoms with E-state index in [0.717, 1.165) is 21.9 Å². The number of aromatic nitrogens is 2. The first kappa shape index (κ1) is 22.0. The summed E-state index contributed by atoms with van der Waals surface area (Å²) in [5.74, 6) is -1.53. The van der Waals surface area contributed by atoms with Gasteiger partial charge in [-0.25, -0.2) is 0 Å². The number of imide groups is 1. The highest BCUT2D eigenvalue weighted by Crippen LogP contribution is 2.68. The van der Waals surface area contributed by atoms with E-state index in [2.05, 4.69) is 15.3 Å². The number of pyridine rings is 1. The fourth-order valence-corrected chi connectivity index (χ4v) is 9.92. The van der Waals surface area contributed by atoms with Gasteiger partial charge in [-0.05, 0) is 47.9 Å². The number of anilines is 1. The van der Waals surface area contributed by atoms with Crippen LogP contribution in [0.15, 0.2) is 64.7 Å². The summed E-state index contributed by atoms with van der Waals surface area (Å²) in [7, 11) is 0. The van der Waals surface area contributed by atoms with Gasteiger partial charge in [0.1, 0.15) is 6.54 Å². The fraction of sp³-hybridized carbons (Fsp3) is 0.346. The molecule has 1 aromatic carbocycles. The van der Waals surface area contributed by atoms with Crippen LogP contribution in [0.5, 0.6) is 0 Å². The highest BCUT2D eigenvalue weighted by atomic mass is 32.2. The molecule has 2 aliphatic heterocycles. The number of nitrogens with zero attached hydrogens (tertiary/aromatic N) is 2. The lowest BCUT2D eigenvalue weighted by molar-refractivity contribution is -0.143. The van der Waals surface area contributed by atoms with Crippen molar-refractivity contribution in [3.05, 3.63) is 75.0 Å². The second-order valence-electron chi connectivity index (χ2n) is 9.92. The summed E-state index contributed by atoms with van der Waals surface area (Å²) in [6.45, 7) is -0.270. The molecule has 7 rings (SSSR count). The van der Waals surface area contributed by atoms with E-state index in [9.17, 15) is 19.2 Å². The summed E-state index contributed by atoms with van der Waals surface area (Å²) in [5, 5.41) is 3.77. The highest BCUT2D eigenvalue weighted by Gasteiger charge is 2.69. The number of amides is 3. The van der Waals surface area contributed by atoms with Crippen LogP contribution in [-0.2, 0) is 14.4 Å². The molecule has 182 valence electrons. The van der Waals surface area contributed by atoms with E-state index in [1.807, 2.05) is 36.5 Å². The van der Waals surface area contributed by atoms with Crippen molar-refractivity contribution in [1.82, 2.24) is 14.9 Å². The maximum Gasteiger partial charge on any atom is 0.305 e. The SMILES string of the molecule is O=C(CN1C(=O)C2C3CC(C2C1=O)C1C(c2cccnc2)c2sc(=O)[nH]c2SC31)Nc1ccccc1. The van der Waals surface area contributed by atoms with Crippen LogP contribution in [0.4, 0.5) is 5.69 Å². The molecule has 4 heterocycles. The number of thiazole rings is 1. The number of para-hydroxylation sites is 1. The Morgan fingerprint density at radius 2 is 1.83 bits per heavy atom. The molecule has 2 aromatic heterocycles. The minimum atomic E-state index is -0.412. The predicted octanol–water partition coefficient (Wildman–Crippen LogP) is 2.94. The summed E-state index contributed by atoms with van der Waals surface area (Å²) >= 11 is 2.88. The van der Waals surface area contributed by atoms with Gasteiger partial charge in [-0.15, -0.1) is 11.8 Å². The third-order valence-corrected chi connectivity index (χ3v) is 10.8. The van der Waals surface area contributed by atoms with Crippen molar-refractivity contribution in [3.63, 3.8) is 0 Å². The van der Waals surface area contributed by atoms with Gasteiger partial charge in [0.2, 0.25) is 17.7 Å². The van der Waals surface area contributed by atoms with Gasteiger partial charge in [0.25, 0.3) is 0 Å². The molecule has 8 nitrogen and oxygen atoms in total. The summed E-state index contributed by atoms with van der Waals surface area (Å²) in [5.41, 5.74) is 1.66. The average molecular weight is 519 g/mol. The van der Waals surface area contributed by atoms with Crippen LogP contribution in [0.2, 0.25) is 0 Å². The van der Waals surface area contributed by atoms with Crippen molar-refractivity contribution in [2.24, 2.45) is 29.6 Å². The molecule has 7 atom stereocenters. The first-order chi connectivity index (χ1) is 17.5. The number of thioether (sulfide) groups is 1. The highest BCUT2D eigenvalue weighted by molar-refractivity contribution is 8.00. The Hall–Kier alpha value is -3.24. The molecule has 10 heteroatoms. The smallest absolute Gasteiger partial charge is 0.305 e. The van der Waals surface area contributed by atoms with Crippen LogP contribution < -0.4 is 10.2 Å². The Morgan fingerprint density at radius 1 is 1.06 bits per heavy atom. The van der Waals surface area contributed by atoms with Gasteiger partial charge in [0, 0.05) is 34.1 Å². The van der Waals surface area contributed by atoms with Crippen LogP contribution in [0.1, 0.15) is 22.8 Å². The van der Waals surface area contributed by atoms with Gasteiger partial charge < -0.3 is 10.3 Å². The van der Waals surface area contributed by atoms with Crippen molar-refractivity contribution in [2.45, 2.75) is 22.6 Å². The molecule has 4 aliphatic rings. The van der Waals surface area contributed by atoms with Crippen LogP contribution in [0.3, 0.4) is 0 Å². The third-order valence-electron chi connectivity index (χ3n) is 8.22. The van der Waals surface area contributed by atoms with E-state index < -0.39 is 11.8 Å². The van der Waals surface area contributed by atoms with Gasteiger partial charge in [-0.2, -0.15) is 0 Å². The number of aromatic amines is 1. The maximum atomic E-state index is 13.6. The van der Waals surface area contributed by atoms with E-state index >= 15 is 0 Å². The van der Waals surface area contributed by atoms with Crippen LogP contribution in [0, 0.1) is 29.6 Å². The topological polar surface area (TPSA) is 112 Å². The number of likely N-dealkylation sites (tertiary alicyclic amines) is 1. The van der Waals surface area contributed by atoms with Crippen molar-refractivity contribution in [2.75, 3.05) is 11.9 Å². The molecular formula is C26H22N4O4S2. The van der Waals surface area contributed by atoms with Crippen LogP contribution in [-0.4, -0.2) is 44.4 Å². The van der Waals surface area contributed by atoms with E-state index in [1.54, 1.807) is 30.1 Å². The van der Waals surface area contributed by atoms with Crippen molar-refractivity contribution >= 4 is 46.5 Å². The molecule has 2 aliphatic carbocycles. The molecule has 2 saturated carbocycles. The molecule has 3 fully saturated rings. The summed E-state index contributed by atoms with van der Waals surface area (Å²) < 4.78 is 0.